The number of hydrogen-bond acceptors (Lipinski definition) is 6. The number of aromatic nitrogens is 1. The number of carbonyl (C=O) groups is 1. The van der Waals surface area contributed by atoms with Gasteiger partial charge in [0.1, 0.15) is 11.6 Å². The Kier molecular flexibility index (Phi) is 4.83. The average Bonchev–Trinajstić information content (AvgIpc) is 2.98. The molecule has 0 aliphatic carbocycles. The minimum Gasteiger partial charge on any atom is -0.297 e. The van der Waals surface area contributed by atoms with Crippen LogP contribution in [0, 0.1) is 21.4 Å². The van der Waals surface area contributed by atoms with E-state index < -0.39 is 10.8 Å². The van der Waals surface area contributed by atoms with Crippen LogP contribution in [0.4, 0.5) is 10.8 Å². The van der Waals surface area contributed by atoms with E-state index in [0.717, 1.165) is 0 Å². The van der Waals surface area contributed by atoms with Crippen molar-refractivity contribution in [1.82, 2.24) is 4.98 Å². The molecule has 1 amide bonds. The number of anilines is 1. The van der Waals surface area contributed by atoms with Crippen LogP contribution < -0.4 is 5.32 Å². The van der Waals surface area contributed by atoms with Gasteiger partial charge in [-0.1, -0.05) is 11.6 Å². The Balaban J connectivity index is 2.32. The van der Waals surface area contributed by atoms with Crippen molar-refractivity contribution in [2.75, 3.05) is 5.32 Å². The van der Waals surface area contributed by atoms with Crippen LogP contribution in [0.3, 0.4) is 0 Å². The molecule has 0 saturated heterocycles. The highest BCUT2D eigenvalue weighted by Gasteiger charge is 2.14. The predicted octanol–water partition coefficient (Wildman–Crippen LogP) is 3.25. The number of nitrogens with one attached hydrogen (secondary N) is 1. The first-order valence-corrected chi connectivity index (χ1v) is 7.03. The first-order chi connectivity index (χ1) is 10.5. The molecule has 0 unspecified atom stereocenters. The van der Waals surface area contributed by atoms with Gasteiger partial charge in [0.2, 0.25) is 0 Å². The second-order valence-electron chi connectivity index (χ2n) is 3.92. The van der Waals surface area contributed by atoms with Gasteiger partial charge in [0.05, 0.1) is 4.92 Å². The zero-order valence-electron chi connectivity index (χ0n) is 10.8. The monoisotopic (exact) mass is 334 g/mol. The third kappa shape index (κ3) is 3.66. The Morgan fingerprint density at radius 3 is 2.91 bits per heavy atom. The molecule has 22 heavy (non-hydrogen) atoms. The van der Waals surface area contributed by atoms with E-state index in [9.17, 15) is 14.9 Å². The summed E-state index contributed by atoms with van der Waals surface area (Å²) in [5, 5.41) is 24.5. The molecule has 0 bridgehead atoms. The minimum atomic E-state index is -0.667. The maximum atomic E-state index is 12.0. The van der Waals surface area contributed by atoms with Crippen LogP contribution in [0.15, 0.2) is 35.3 Å². The van der Waals surface area contributed by atoms with E-state index in [1.807, 2.05) is 0 Å². The van der Waals surface area contributed by atoms with E-state index in [-0.39, 0.29) is 21.8 Å². The van der Waals surface area contributed by atoms with Gasteiger partial charge < -0.3 is 0 Å². The van der Waals surface area contributed by atoms with Crippen LogP contribution in [-0.2, 0) is 4.79 Å². The highest BCUT2D eigenvalue weighted by atomic mass is 35.5. The molecule has 9 heteroatoms. The summed E-state index contributed by atoms with van der Waals surface area (Å²) >= 11 is 7.13. The molecule has 0 aliphatic heterocycles. The quantitative estimate of drug-likeness (QED) is 0.399. The number of halogens is 1. The molecule has 2 aromatic rings. The Morgan fingerprint density at radius 2 is 2.32 bits per heavy atom. The Morgan fingerprint density at radius 1 is 1.55 bits per heavy atom. The van der Waals surface area contributed by atoms with Crippen LogP contribution >= 0.6 is 22.9 Å². The number of nitriles is 1. The normalized spacial score (nSPS) is 10.8. The molecular formula is C13H7ClN4O3S. The summed E-state index contributed by atoms with van der Waals surface area (Å²) in [5.74, 6) is -0.667. The van der Waals surface area contributed by atoms with E-state index in [1.165, 1.54) is 41.8 Å². The van der Waals surface area contributed by atoms with Gasteiger partial charge >= 0.3 is 0 Å². The standard InChI is InChI=1S/C13H7ClN4O3S/c14-11-2-1-10(18(20)21)6-8(11)5-9(7-15)12(19)17-13-16-3-4-22-13/h1-6H,(H,16,17,19)/b9-5+. The topological polar surface area (TPSA) is 109 Å². The smallest absolute Gasteiger partial charge is 0.270 e. The zero-order chi connectivity index (χ0) is 16.1. The molecule has 1 aromatic carbocycles. The lowest BCUT2D eigenvalue weighted by Gasteiger charge is -2.02. The highest BCUT2D eigenvalue weighted by Crippen LogP contribution is 2.24. The summed E-state index contributed by atoms with van der Waals surface area (Å²) in [6.07, 6.45) is 2.70. The summed E-state index contributed by atoms with van der Waals surface area (Å²) in [5.41, 5.74) is -0.215. The fourth-order valence-corrected chi connectivity index (χ4v) is 2.21. The van der Waals surface area contributed by atoms with Gasteiger partial charge in [0.15, 0.2) is 5.13 Å². The summed E-state index contributed by atoms with van der Waals surface area (Å²) < 4.78 is 0. The van der Waals surface area contributed by atoms with E-state index in [4.69, 9.17) is 16.9 Å². The summed E-state index contributed by atoms with van der Waals surface area (Å²) in [6, 6.07) is 5.50. The number of carbonyl (C=O) groups excluding carboxylic acids is 1. The summed E-state index contributed by atoms with van der Waals surface area (Å²) in [6.45, 7) is 0. The number of nitro benzene ring substituents is 1. The lowest BCUT2D eigenvalue weighted by Crippen LogP contribution is -2.13. The number of hydrogen-bond donors (Lipinski definition) is 1. The van der Waals surface area contributed by atoms with Crippen LogP contribution in [0.25, 0.3) is 6.08 Å². The van der Waals surface area contributed by atoms with Crippen LogP contribution in [0.5, 0.6) is 0 Å². The lowest BCUT2D eigenvalue weighted by molar-refractivity contribution is -0.384. The second kappa shape index (κ2) is 6.80. The van der Waals surface area contributed by atoms with Gasteiger partial charge in [0.25, 0.3) is 11.6 Å². The number of non-ortho nitro benzene ring substituents is 1. The van der Waals surface area contributed by atoms with Crippen LogP contribution in [0.1, 0.15) is 5.56 Å². The van der Waals surface area contributed by atoms with Gasteiger partial charge in [-0.05, 0) is 12.1 Å². The largest absolute Gasteiger partial charge is 0.297 e. The van der Waals surface area contributed by atoms with Crippen LogP contribution in [0.2, 0.25) is 5.02 Å². The molecule has 1 aromatic heterocycles. The van der Waals surface area contributed by atoms with Crippen molar-refractivity contribution in [2.24, 2.45) is 0 Å². The molecule has 1 N–H and O–H groups in total. The van der Waals surface area contributed by atoms with Crippen molar-refractivity contribution in [3.63, 3.8) is 0 Å². The fourth-order valence-electron chi connectivity index (χ4n) is 1.51. The maximum absolute atomic E-state index is 12.0. The molecule has 0 radical (unpaired) electrons. The van der Waals surface area contributed by atoms with Gasteiger partial charge in [-0.15, -0.1) is 11.3 Å². The van der Waals surface area contributed by atoms with Gasteiger partial charge in [-0.25, -0.2) is 4.98 Å². The summed E-state index contributed by atoms with van der Waals surface area (Å²) in [7, 11) is 0. The number of thiazole rings is 1. The zero-order valence-corrected chi connectivity index (χ0v) is 12.4. The number of rotatable bonds is 4. The molecular weight excluding hydrogens is 328 g/mol. The third-order valence-electron chi connectivity index (χ3n) is 2.51. The molecule has 0 saturated carbocycles. The van der Waals surface area contributed by atoms with Crippen molar-refractivity contribution in [3.8, 4) is 6.07 Å². The number of nitrogens with zero attached hydrogens (tertiary/aromatic N) is 3. The Hall–Kier alpha value is -2.76. The number of nitro groups is 1. The first-order valence-electron chi connectivity index (χ1n) is 5.78. The van der Waals surface area contributed by atoms with E-state index in [2.05, 4.69) is 10.3 Å². The Labute approximate surface area is 133 Å². The minimum absolute atomic E-state index is 0.187. The van der Waals surface area contributed by atoms with E-state index in [1.54, 1.807) is 11.4 Å². The van der Waals surface area contributed by atoms with E-state index in [0.29, 0.717) is 5.13 Å². The molecule has 7 nitrogen and oxygen atoms in total. The predicted molar refractivity (Wildman–Crippen MR) is 82.4 cm³/mol. The number of amides is 1. The maximum Gasteiger partial charge on any atom is 0.270 e. The molecule has 1 heterocycles. The average molecular weight is 335 g/mol. The van der Waals surface area contributed by atoms with Crippen molar-refractivity contribution in [3.05, 3.63) is 56.0 Å². The third-order valence-corrected chi connectivity index (χ3v) is 3.54. The van der Waals surface area contributed by atoms with Crippen LogP contribution in [-0.4, -0.2) is 15.8 Å². The van der Waals surface area contributed by atoms with Crippen molar-refractivity contribution in [1.29, 1.82) is 5.26 Å². The summed E-state index contributed by atoms with van der Waals surface area (Å²) in [4.78, 5) is 26.0. The van der Waals surface area contributed by atoms with Crippen molar-refractivity contribution >= 4 is 45.7 Å². The molecule has 0 aliphatic rings. The Bertz CT molecular complexity index is 796. The van der Waals surface area contributed by atoms with Crippen molar-refractivity contribution in [2.45, 2.75) is 0 Å². The lowest BCUT2D eigenvalue weighted by atomic mass is 10.1. The first kappa shape index (κ1) is 15.6. The van der Waals surface area contributed by atoms with E-state index >= 15 is 0 Å². The van der Waals surface area contributed by atoms with Gasteiger partial charge in [-0.2, -0.15) is 5.26 Å². The molecule has 0 atom stereocenters. The van der Waals surface area contributed by atoms with Crippen molar-refractivity contribution < 1.29 is 9.72 Å². The fraction of sp³-hybridized carbons (Fsp3) is 0. The van der Waals surface area contributed by atoms with Gasteiger partial charge in [0, 0.05) is 34.3 Å². The molecule has 0 spiro atoms. The molecule has 2 rings (SSSR count). The molecule has 110 valence electrons. The van der Waals surface area contributed by atoms with Gasteiger partial charge in [-0.3, -0.25) is 20.2 Å². The number of benzene rings is 1. The SMILES string of the molecule is N#C/C(=C\c1cc([N+](=O)[O-])ccc1Cl)C(=O)Nc1nccs1. The second-order valence-corrected chi connectivity index (χ2v) is 5.23. The molecule has 0 fully saturated rings. The highest BCUT2D eigenvalue weighted by molar-refractivity contribution is 7.13.